The molecule has 1 aromatic carbocycles. The summed E-state index contributed by atoms with van der Waals surface area (Å²) < 4.78 is 1.22. The van der Waals surface area contributed by atoms with Crippen LogP contribution in [0.15, 0.2) is 28.7 Å². The van der Waals surface area contributed by atoms with E-state index in [0.29, 0.717) is 0 Å². The van der Waals surface area contributed by atoms with E-state index in [4.69, 9.17) is 0 Å². The van der Waals surface area contributed by atoms with E-state index in [9.17, 15) is 0 Å². The Morgan fingerprint density at radius 2 is 2.13 bits per heavy atom. The van der Waals surface area contributed by atoms with Gasteiger partial charge in [-0.2, -0.15) is 0 Å². The van der Waals surface area contributed by atoms with E-state index >= 15 is 0 Å². The number of nitrogens with one attached hydrogen (secondary N) is 2. The second-order valence-corrected chi connectivity index (χ2v) is 4.92. The molecule has 0 aliphatic carbocycles. The Morgan fingerprint density at radius 3 is 2.80 bits per heavy atom. The maximum absolute atomic E-state index is 3.56. The van der Waals surface area contributed by atoms with E-state index in [1.165, 1.54) is 23.1 Å². The molecule has 1 saturated heterocycles. The van der Waals surface area contributed by atoms with Crippen molar-refractivity contribution in [3.63, 3.8) is 0 Å². The van der Waals surface area contributed by atoms with Gasteiger partial charge in [-0.15, -0.1) is 0 Å². The summed E-state index contributed by atoms with van der Waals surface area (Å²) in [5, 5.41) is 6.78. The molecule has 15 heavy (non-hydrogen) atoms. The number of halogens is 1. The van der Waals surface area contributed by atoms with Gasteiger partial charge in [0.05, 0.1) is 0 Å². The van der Waals surface area contributed by atoms with Gasteiger partial charge in [-0.1, -0.05) is 34.1 Å². The zero-order chi connectivity index (χ0) is 10.5. The van der Waals surface area contributed by atoms with Gasteiger partial charge >= 0.3 is 0 Å². The third kappa shape index (κ3) is 3.30. The average Bonchev–Trinajstić information content (AvgIpc) is 2.17. The summed E-state index contributed by atoms with van der Waals surface area (Å²) in [7, 11) is 0. The zero-order valence-electron chi connectivity index (χ0n) is 8.80. The van der Waals surface area contributed by atoms with Crippen LogP contribution in [-0.4, -0.2) is 26.2 Å². The largest absolute Gasteiger partial charge is 0.316 e. The second-order valence-electron chi connectivity index (χ2n) is 4.07. The lowest BCUT2D eigenvalue weighted by Crippen LogP contribution is -2.47. The molecule has 0 amide bonds. The molecule has 0 bridgehead atoms. The van der Waals surface area contributed by atoms with Crippen LogP contribution in [0.5, 0.6) is 0 Å². The van der Waals surface area contributed by atoms with Crippen LogP contribution >= 0.6 is 15.9 Å². The van der Waals surface area contributed by atoms with Crippen molar-refractivity contribution in [2.24, 2.45) is 5.92 Å². The van der Waals surface area contributed by atoms with Crippen molar-refractivity contribution in [2.75, 3.05) is 26.2 Å². The summed E-state index contributed by atoms with van der Waals surface area (Å²) in [6.07, 6.45) is 1.10. The topological polar surface area (TPSA) is 24.1 Å². The maximum atomic E-state index is 3.56. The van der Waals surface area contributed by atoms with E-state index in [2.05, 4.69) is 50.8 Å². The smallest absolute Gasteiger partial charge is 0.0207 e. The van der Waals surface area contributed by atoms with Crippen molar-refractivity contribution in [2.45, 2.75) is 6.42 Å². The van der Waals surface area contributed by atoms with Gasteiger partial charge in [-0.05, 0) is 30.5 Å². The highest BCUT2D eigenvalue weighted by Crippen LogP contribution is 2.15. The molecule has 2 N–H and O–H groups in total. The Kier molecular flexibility index (Phi) is 4.18. The summed E-state index contributed by atoms with van der Waals surface area (Å²) in [5.74, 6) is 0.851. The molecule has 0 aromatic heterocycles. The quantitative estimate of drug-likeness (QED) is 0.796. The summed E-state index contributed by atoms with van der Waals surface area (Å²) in [4.78, 5) is 0. The fourth-order valence-corrected chi connectivity index (χ4v) is 2.21. The highest BCUT2D eigenvalue weighted by atomic mass is 79.9. The first-order valence-electron chi connectivity index (χ1n) is 5.51. The molecule has 1 aromatic rings. The van der Waals surface area contributed by atoms with E-state index in [-0.39, 0.29) is 0 Å². The maximum Gasteiger partial charge on any atom is 0.0207 e. The average molecular weight is 269 g/mol. The van der Waals surface area contributed by atoms with Gasteiger partial charge in [0.1, 0.15) is 0 Å². The molecular formula is C12H17BrN2. The Labute approximate surface area is 99.6 Å². The normalized spacial score (nSPS) is 16.3. The van der Waals surface area contributed by atoms with Crippen LogP contribution in [0.2, 0.25) is 0 Å². The zero-order valence-corrected chi connectivity index (χ0v) is 10.4. The highest BCUT2D eigenvalue weighted by molar-refractivity contribution is 9.10. The molecule has 1 aliphatic rings. The van der Waals surface area contributed by atoms with Gasteiger partial charge in [0.2, 0.25) is 0 Å². The molecule has 3 heteroatoms. The molecule has 0 atom stereocenters. The van der Waals surface area contributed by atoms with E-state index in [1.807, 2.05) is 0 Å². The molecule has 82 valence electrons. The molecular weight excluding hydrogens is 252 g/mol. The summed E-state index contributed by atoms with van der Waals surface area (Å²) in [6, 6.07) is 8.43. The highest BCUT2D eigenvalue weighted by Gasteiger charge is 2.15. The minimum Gasteiger partial charge on any atom is -0.316 e. The van der Waals surface area contributed by atoms with Crippen molar-refractivity contribution in [3.05, 3.63) is 34.3 Å². The van der Waals surface area contributed by atoms with Crippen LogP contribution in [0.3, 0.4) is 0 Å². The van der Waals surface area contributed by atoms with Crippen molar-refractivity contribution in [3.8, 4) is 0 Å². The monoisotopic (exact) mass is 268 g/mol. The van der Waals surface area contributed by atoms with Gasteiger partial charge in [0.15, 0.2) is 0 Å². The second kappa shape index (κ2) is 5.64. The third-order valence-corrected chi connectivity index (χ3v) is 3.60. The molecule has 0 spiro atoms. The minimum atomic E-state index is 0.851. The first-order valence-corrected chi connectivity index (χ1v) is 6.30. The molecule has 1 heterocycles. The fourth-order valence-electron chi connectivity index (χ4n) is 1.72. The van der Waals surface area contributed by atoms with E-state index in [1.54, 1.807) is 0 Å². The van der Waals surface area contributed by atoms with Crippen LogP contribution in [0.1, 0.15) is 5.56 Å². The molecule has 2 rings (SSSR count). The first kappa shape index (κ1) is 11.1. The Bertz CT molecular complexity index is 310. The molecule has 0 radical (unpaired) electrons. The third-order valence-electron chi connectivity index (χ3n) is 2.83. The van der Waals surface area contributed by atoms with Gasteiger partial charge in [0.25, 0.3) is 0 Å². The van der Waals surface area contributed by atoms with Gasteiger partial charge in [-0.25, -0.2) is 0 Å². The van der Waals surface area contributed by atoms with E-state index < -0.39 is 0 Å². The summed E-state index contributed by atoms with van der Waals surface area (Å²) in [6.45, 7) is 4.58. The van der Waals surface area contributed by atoms with Crippen LogP contribution in [0, 0.1) is 5.92 Å². The van der Waals surface area contributed by atoms with Crippen LogP contribution in [0.25, 0.3) is 0 Å². The van der Waals surface area contributed by atoms with Crippen molar-refractivity contribution in [1.82, 2.24) is 10.6 Å². The Balaban J connectivity index is 1.66. The lowest BCUT2D eigenvalue weighted by molar-refractivity contribution is 0.333. The molecule has 0 saturated carbocycles. The SMILES string of the molecule is Brc1ccccc1CCNCC1CNC1. The van der Waals surface area contributed by atoms with Crippen molar-refractivity contribution in [1.29, 1.82) is 0 Å². The van der Waals surface area contributed by atoms with Gasteiger partial charge < -0.3 is 10.6 Å². The first-order chi connectivity index (χ1) is 7.36. The lowest BCUT2D eigenvalue weighted by Gasteiger charge is -2.27. The number of benzene rings is 1. The number of rotatable bonds is 5. The molecule has 1 fully saturated rings. The van der Waals surface area contributed by atoms with Crippen LogP contribution in [-0.2, 0) is 6.42 Å². The minimum absolute atomic E-state index is 0.851. The van der Waals surface area contributed by atoms with Crippen LogP contribution in [0.4, 0.5) is 0 Å². The number of hydrogen-bond acceptors (Lipinski definition) is 2. The standard InChI is InChI=1S/C12H17BrN2/c13-12-4-2-1-3-11(12)5-6-14-7-10-8-15-9-10/h1-4,10,14-15H,5-9H2. The Morgan fingerprint density at radius 1 is 1.33 bits per heavy atom. The van der Waals surface area contributed by atoms with Gasteiger partial charge in [-0.3, -0.25) is 0 Å². The predicted molar refractivity (Wildman–Crippen MR) is 67.1 cm³/mol. The molecule has 1 aliphatic heterocycles. The summed E-state index contributed by atoms with van der Waals surface area (Å²) >= 11 is 3.56. The predicted octanol–water partition coefficient (Wildman–Crippen LogP) is 1.80. The Hall–Kier alpha value is -0.380. The summed E-state index contributed by atoms with van der Waals surface area (Å²) in [5.41, 5.74) is 1.39. The number of hydrogen-bond donors (Lipinski definition) is 2. The van der Waals surface area contributed by atoms with Crippen LogP contribution < -0.4 is 10.6 Å². The van der Waals surface area contributed by atoms with Gasteiger partial charge in [0, 0.05) is 24.1 Å². The fraction of sp³-hybridized carbons (Fsp3) is 0.500. The molecule has 2 nitrogen and oxygen atoms in total. The van der Waals surface area contributed by atoms with Crippen molar-refractivity contribution < 1.29 is 0 Å². The lowest BCUT2D eigenvalue weighted by atomic mass is 10.0. The molecule has 0 unspecified atom stereocenters. The van der Waals surface area contributed by atoms with Crippen molar-refractivity contribution >= 4 is 15.9 Å². The van der Waals surface area contributed by atoms with E-state index in [0.717, 1.165) is 25.4 Å².